The molecule has 14 heteroatoms. The van der Waals surface area contributed by atoms with E-state index in [2.05, 4.69) is 20.0 Å². The van der Waals surface area contributed by atoms with E-state index in [-0.39, 0.29) is 34.7 Å². The zero-order valence-corrected chi connectivity index (χ0v) is 21.7. The van der Waals surface area contributed by atoms with Crippen LogP contribution in [0.3, 0.4) is 0 Å². The van der Waals surface area contributed by atoms with Crippen molar-refractivity contribution in [1.29, 1.82) is 5.41 Å². The number of carboxylic acid groups (broad SMARTS) is 1. The Kier molecular flexibility index (Phi) is 6.72. The van der Waals surface area contributed by atoms with Gasteiger partial charge >= 0.3 is 6.09 Å². The summed E-state index contributed by atoms with van der Waals surface area (Å²) in [6.07, 6.45) is 6.54. The van der Waals surface area contributed by atoms with E-state index in [0.717, 1.165) is 37.1 Å². The molecule has 3 aliphatic heterocycles. The summed E-state index contributed by atoms with van der Waals surface area (Å²) in [6, 6.07) is 6.11. The largest absolute Gasteiger partial charge is 0.494 e. The second-order valence-corrected chi connectivity index (χ2v) is 9.84. The fourth-order valence-corrected chi connectivity index (χ4v) is 5.46. The fraction of sp³-hybridized carbons (Fsp3) is 0.269. The second-order valence-electron chi connectivity index (χ2n) is 9.40. The van der Waals surface area contributed by atoms with Crippen LogP contribution in [0.1, 0.15) is 30.9 Å². The molecule has 6 rings (SSSR count). The molecule has 2 aromatic rings. The van der Waals surface area contributed by atoms with Crippen LogP contribution in [0.25, 0.3) is 6.20 Å². The molecule has 1 aromatic carbocycles. The SMILES string of the molecule is N=C(NC(=O)O)C1=N/C=N\C=C(Cl)/C=N/C=c2/c(nc3n2C[C@@H]2CCCC4=C2N3[C@H](c2ccccc2F)CO4)=N\1. The molecule has 12 nitrogen and oxygen atoms in total. The van der Waals surface area contributed by atoms with Crippen molar-refractivity contribution in [2.75, 3.05) is 11.5 Å². The Balaban J connectivity index is 1.60. The number of aromatic nitrogens is 2. The predicted octanol–water partition coefficient (Wildman–Crippen LogP) is 2.82. The summed E-state index contributed by atoms with van der Waals surface area (Å²) in [6.45, 7) is 0.782. The van der Waals surface area contributed by atoms with E-state index in [1.54, 1.807) is 24.4 Å². The quantitative estimate of drug-likeness (QED) is 0.379. The van der Waals surface area contributed by atoms with Crippen molar-refractivity contribution < 1.29 is 19.0 Å². The number of aliphatic imine (C=N–C) groups is 3. The van der Waals surface area contributed by atoms with Gasteiger partial charge in [0.1, 0.15) is 29.9 Å². The molecule has 0 saturated heterocycles. The number of nitrogens with one attached hydrogen (secondary N) is 2. The summed E-state index contributed by atoms with van der Waals surface area (Å²) in [4.78, 5) is 34.9. The Morgan fingerprint density at radius 2 is 2.10 bits per heavy atom. The fourth-order valence-electron chi connectivity index (χ4n) is 5.35. The van der Waals surface area contributed by atoms with Crippen molar-refractivity contribution in [1.82, 2.24) is 14.9 Å². The van der Waals surface area contributed by atoms with Crippen molar-refractivity contribution in [2.24, 2.45) is 25.9 Å². The number of rotatable bonds is 2. The van der Waals surface area contributed by atoms with E-state index in [1.807, 2.05) is 14.8 Å². The van der Waals surface area contributed by atoms with Gasteiger partial charge in [0.25, 0.3) is 0 Å². The molecule has 0 bridgehead atoms. The first-order valence-corrected chi connectivity index (χ1v) is 12.9. The first-order chi connectivity index (χ1) is 19.4. The number of ether oxygens (including phenoxy) is 1. The lowest BCUT2D eigenvalue weighted by Gasteiger charge is -2.47. The van der Waals surface area contributed by atoms with Gasteiger partial charge in [0, 0.05) is 36.9 Å². The number of amides is 1. The molecule has 40 heavy (non-hydrogen) atoms. The van der Waals surface area contributed by atoms with Gasteiger partial charge < -0.3 is 19.3 Å². The molecule has 0 fully saturated rings. The van der Waals surface area contributed by atoms with Crippen molar-refractivity contribution in [3.05, 3.63) is 69.2 Å². The molecule has 3 N–H and O–H groups in total. The van der Waals surface area contributed by atoms with Gasteiger partial charge in [0.2, 0.25) is 5.95 Å². The molecule has 1 aromatic heterocycles. The zero-order valence-electron chi connectivity index (χ0n) is 21.0. The monoisotopic (exact) mass is 563 g/mol. The van der Waals surface area contributed by atoms with Gasteiger partial charge in [-0.2, -0.15) is 4.98 Å². The maximum atomic E-state index is 15.1. The van der Waals surface area contributed by atoms with Crippen LogP contribution in [-0.4, -0.2) is 51.6 Å². The lowest BCUT2D eigenvalue weighted by Crippen LogP contribution is -2.47. The van der Waals surface area contributed by atoms with Crippen LogP contribution in [0.4, 0.5) is 15.1 Å². The summed E-state index contributed by atoms with van der Waals surface area (Å²) in [5.41, 5.74) is 1.61. The van der Waals surface area contributed by atoms with E-state index < -0.39 is 18.0 Å². The number of hydrogen-bond acceptors (Lipinski definition) is 9. The Morgan fingerprint density at radius 1 is 1.25 bits per heavy atom. The Labute approximate surface area is 231 Å². The third-order valence-electron chi connectivity index (χ3n) is 6.97. The highest BCUT2D eigenvalue weighted by Crippen LogP contribution is 2.46. The van der Waals surface area contributed by atoms with Crippen LogP contribution in [0.2, 0.25) is 0 Å². The summed E-state index contributed by atoms with van der Waals surface area (Å²) in [5.74, 6) is 0.285. The van der Waals surface area contributed by atoms with Gasteiger partial charge in [-0.15, -0.1) is 0 Å². The molecule has 0 saturated carbocycles. The van der Waals surface area contributed by atoms with Crippen LogP contribution in [0.15, 0.2) is 66.9 Å². The molecule has 4 aliphatic rings. The second kappa shape index (κ2) is 10.5. The Hall–Kier alpha value is -4.65. The average Bonchev–Trinajstić information content (AvgIpc) is 3.26. The summed E-state index contributed by atoms with van der Waals surface area (Å²) in [5, 5.41) is 20.0. The van der Waals surface area contributed by atoms with Gasteiger partial charge in [0.05, 0.1) is 23.0 Å². The molecule has 1 aliphatic carbocycles. The normalized spacial score (nSPS) is 27.5. The van der Waals surface area contributed by atoms with Gasteiger partial charge in [-0.1, -0.05) is 29.8 Å². The number of amidine groups is 2. The van der Waals surface area contributed by atoms with Gasteiger partial charge in [-0.3, -0.25) is 15.7 Å². The number of fused-ring (bicyclic) bond motifs is 4. The van der Waals surface area contributed by atoms with Crippen molar-refractivity contribution >= 4 is 54.1 Å². The molecule has 0 radical (unpaired) electrons. The lowest BCUT2D eigenvalue weighted by atomic mass is 9.86. The molecule has 2 atom stereocenters. The number of allylic oxidation sites excluding steroid dienone is 3. The van der Waals surface area contributed by atoms with E-state index in [0.29, 0.717) is 23.4 Å². The van der Waals surface area contributed by atoms with E-state index in [1.165, 1.54) is 18.5 Å². The minimum absolute atomic E-state index is 0.0821. The lowest BCUT2D eigenvalue weighted by molar-refractivity contribution is 0.133. The molecule has 1 amide bonds. The maximum Gasteiger partial charge on any atom is 0.410 e. The number of nitrogens with zero attached hydrogens (tertiary/aromatic N) is 7. The average molecular weight is 564 g/mol. The smallest absolute Gasteiger partial charge is 0.410 e. The first-order valence-electron chi connectivity index (χ1n) is 12.5. The molecule has 204 valence electrons. The van der Waals surface area contributed by atoms with E-state index in [9.17, 15) is 4.79 Å². The Morgan fingerprint density at radius 3 is 2.92 bits per heavy atom. The van der Waals surface area contributed by atoms with E-state index in [4.69, 9.17) is 31.8 Å². The predicted molar refractivity (Wildman–Crippen MR) is 147 cm³/mol. The maximum absolute atomic E-state index is 15.1. The standard InChI is InChI=1S/C26H23ClFN9O3/c27-15-8-30-10-18-23(34-24(32-13-31-9-15)22(29)33-26(38)39)35-25-36(18)11-14-4-3-7-20-21(14)37(25)19(12-40-20)16-5-1-2-6-17(16)28/h1-2,5-6,8-10,13-14,19H,3-4,7,11-12H2,(H2,29,33)(H,38,39)/b15-8?,15-9+,18-10-,30-8+,30-10?,31-9?,31-13-,32-13?,32-24-,34-23+,34-24?/t14-,19-/m0/s1. The Bertz CT molecular complexity index is 1690. The highest BCUT2D eigenvalue weighted by molar-refractivity contribution is 6.42. The number of hydrogen-bond donors (Lipinski definition) is 3. The molecular weight excluding hydrogens is 541 g/mol. The van der Waals surface area contributed by atoms with Gasteiger partial charge in [0.15, 0.2) is 17.2 Å². The van der Waals surface area contributed by atoms with Crippen molar-refractivity contribution in [3.8, 4) is 0 Å². The number of carbonyl (C=O) groups is 1. The topological polar surface area (TPSA) is 153 Å². The number of halogens is 2. The number of benzene rings is 1. The number of anilines is 1. The van der Waals surface area contributed by atoms with Crippen molar-refractivity contribution in [2.45, 2.75) is 31.8 Å². The van der Waals surface area contributed by atoms with Crippen LogP contribution >= 0.6 is 11.6 Å². The minimum atomic E-state index is -1.45. The summed E-state index contributed by atoms with van der Waals surface area (Å²) in [7, 11) is 0. The van der Waals surface area contributed by atoms with Crippen LogP contribution < -0.4 is 21.1 Å². The third kappa shape index (κ3) is 4.68. The molecule has 0 unspecified atom stereocenters. The summed E-state index contributed by atoms with van der Waals surface area (Å²) >= 11 is 6.18. The van der Waals surface area contributed by atoms with Gasteiger partial charge in [-0.05, 0) is 18.9 Å². The molecule has 4 heterocycles. The highest BCUT2D eigenvalue weighted by Gasteiger charge is 2.44. The summed E-state index contributed by atoms with van der Waals surface area (Å²) < 4.78 is 23.2. The number of imidazole rings is 1. The van der Waals surface area contributed by atoms with Crippen LogP contribution in [0.5, 0.6) is 0 Å². The van der Waals surface area contributed by atoms with Crippen LogP contribution in [0, 0.1) is 17.1 Å². The molecule has 0 spiro atoms. The third-order valence-corrected chi connectivity index (χ3v) is 7.17. The van der Waals surface area contributed by atoms with Gasteiger partial charge in [-0.25, -0.2) is 24.2 Å². The molecular formula is C26H23ClFN9O3. The first kappa shape index (κ1) is 25.6. The zero-order chi connectivity index (χ0) is 27.8. The van der Waals surface area contributed by atoms with Crippen molar-refractivity contribution in [3.63, 3.8) is 0 Å². The minimum Gasteiger partial charge on any atom is -0.494 e. The van der Waals surface area contributed by atoms with E-state index >= 15 is 4.39 Å². The van der Waals surface area contributed by atoms with Crippen LogP contribution in [-0.2, 0) is 11.3 Å². The highest BCUT2D eigenvalue weighted by atomic mass is 35.5.